The summed E-state index contributed by atoms with van der Waals surface area (Å²) in [5, 5.41) is 0. The zero-order chi connectivity index (χ0) is 11.5. The van der Waals surface area contributed by atoms with Crippen molar-refractivity contribution in [3.05, 3.63) is 42.5 Å². The fourth-order valence-electron chi connectivity index (χ4n) is 1.66. The number of hydrogen-bond acceptors (Lipinski definition) is 3. The Kier molecular flexibility index (Phi) is 2.68. The second-order valence-corrected chi connectivity index (χ2v) is 3.58. The van der Waals surface area contributed by atoms with E-state index in [0.717, 1.165) is 22.6 Å². The average Bonchev–Trinajstić information content (AvgIpc) is 2.28. The van der Waals surface area contributed by atoms with E-state index in [4.69, 9.17) is 16.2 Å². The lowest BCUT2D eigenvalue weighted by Crippen LogP contribution is -1.93. The largest absolute Gasteiger partial charge is 0.497 e. The van der Waals surface area contributed by atoms with Gasteiger partial charge < -0.3 is 16.2 Å². The van der Waals surface area contributed by atoms with Crippen LogP contribution in [0.5, 0.6) is 5.75 Å². The van der Waals surface area contributed by atoms with Crippen LogP contribution in [0.1, 0.15) is 0 Å². The Morgan fingerprint density at radius 1 is 1.00 bits per heavy atom. The van der Waals surface area contributed by atoms with Crippen molar-refractivity contribution in [2.45, 2.75) is 0 Å². The van der Waals surface area contributed by atoms with Crippen LogP contribution >= 0.6 is 0 Å². The van der Waals surface area contributed by atoms with E-state index in [-0.39, 0.29) is 0 Å². The van der Waals surface area contributed by atoms with E-state index >= 15 is 0 Å². The van der Waals surface area contributed by atoms with E-state index in [1.165, 1.54) is 0 Å². The van der Waals surface area contributed by atoms with Crippen LogP contribution in [0.2, 0.25) is 0 Å². The first-order valence-corrected chi connectivity index (χ1v) is 5.00. The number of hydrogen-bond donors (Lipinski definition) is 2. The maximum Gasteiger partial charge on any atom is 0.121 e. The molecule has 0 spiro atoms. The van der Waals surface area contributed by atoms with Crippen LogP contribution in [0, 0.1) is 0 Å². The minimum atomic E-state index is 0.664. The molecule has 0 fully saturated rings. The molecule has 2 aromatic carbocycles. The maximum absolute atomic E-state index is 5.91. The molecule has 0 unspecified atom stereocenters. The molecular formula is C13H14N2O. The number of nitrogen functional groups attached to an aromatic ring is 2. The van der Waals surface area contributed by atoms with E-state index in [1.807, 2.05) is 36.4 Å². The predicted octanol–water partition coefficient (Wildman–Crippen LogP) is 2.53. The van der Waals surface area contributed by atoms with E-state index in [9.17, 15) is 0 Å². The molecule has 4 N–H and O–H groups in total. The normalized spacial score (nSPS) is 10.1. The maximum atomic E-state index is 5.91. The third kappa shape index (κ3) is 1.93. The summed E-state index contributed by atoms with van der Waals surface area (Å²) in [6.45, 7) is 0. The Balaban J connectivity index is 2.56. The predicted molar refractivity (Wildman–Crippen MR) is 67.3 cm³/mol. The molecule has 2 aromatic rings. The molecule has 0 amide bonds. The molecule has 0 saturated heterocycles. The molecule has 0 bridgehead atoms. The third-order valence-corrected chi connectivity index (χ3v) is 2.44. The van der Waals surface area contributed by atoms with Crippen molar-refractivity contribution in [3.8, 4) is 16.9 Å². The molecule has 2 rings (SSSR count). The van der Waals surface area contributed by atoms with Crippen LogP contribution in [-0.2, 0) is 0 Å². The van der Waals surface area contributed by atoms with Crippen LogP contribution in [0.15, 0.2) is 42.5 Å². The molecule has 0 radical (unpaired) electrons. The fourth-order valence-corrected chi connectivity index (χ4v) is 1.66. The lowest BCUT2D eigenvalue weighted by molar-refractivity contribution is 0.415. The number of methoxy groups -OCH3 is 1. The van der Waals surface area contributed by atoms with Crippen LogP contribution in [0.25, 0.3) is 11.1 Å². The first-order valence-electron chi connectivity index (χ1n) is 5.00. The molecule has 0 aliphatic heterocycles. The van der Waals surface area contributed by atoms with Crippen molar-refractivity contribution in [2.24, 2.45) is 0 Å². The SMILES string of the molecule is COc1cc(N)cc(-c2ccccc2N)c1. The number of nitrogens with two attached hydrogens (primary N) is 2. The molecule has 0 aromatic heterocycles. The number of ether oxygens (including phenoxy) is 1. The Labute approximate surface area is 94.6 Å². The lowest BCUT2D eigenvalue weighted by atomic mass is 10.0. The molecule has 0 aliphatic carbocycles. The highest BCUT2D eigenvalue weighted by Gasteiger charge is 2.04. The van der Waals surface area contributed by atoms with Crippen molar-refractivity contribution < 1.29 is 4.74 Å². The molecule has 0 atom stereocenters. The van der Waals surface area contributed by atoms with Crippen molar-refractivity contribution >= 4 is 11.4 Å². The summed E-state index contributed by atoms with van der Waals surface area (Å²) >= 11 is 0. The number of rotatable bonds is 2. The van der Waals surface area contributed by atoms with Crippen molar-refractivity contribution in [1.82, 2.24) is 0 Å². The zero-order valence-electron chi connectivity index (χ0n) is 9.10. The van der Waals surface area contributed by atoms with Gasteiger partial charge in [-0.1, -0.05) is 18.2 Å². The van der Waals surface area contributed by atoms with Gasteiger partial charge in [-0.2, -0.15) is 0 Å². The second kappa shape index (κ2) is 4.14. The first kappa shape index (κ1) is 10.4. The van der Waals surface area contributed by atoms with Gasteiger partial charge in [0.25, 0.3) is 0 Å². The van der Waals surface area contributed by atoms with Gasteiger partial charge in [0.2, 0.25) is 0 Å². The van der Waals surface area contributed by atoms with Gasteiger partial charge in [-0.05, 0) is 23.8 Å². The molecule has 0 aliphatic rings. The lowest BCUT2D eigenvalue weighted by Gasteiger charge is -2.08. The highest BCUT2D eigenvalue weighted by atomic mass is 16.5. The summed E-state index contributed by atoms with van der Waals surface area (Å²) in [4.78, 5) is 0. The van der Waals surface area contributed by atoms with Crippen LogP contribution in [-0.4, -0.2) is 7.11 Å². The molecule has 3 heteroatoms. The number of benzene rings is 2. The molecule has 0 saturated carbocycles. The fraction of sp³-hybridized carbons (Fsp3) is 0.0769. The number of anilines is 2. The molecule has 82 valence electrons. The summed E-state index contributed by atoms with van der Waals surface area (Å²) in [6, 6.07) is 13.3. The Hall–Kier alpha value is -2.16. The minimum Gasteiger partial charge on any atom is -0.497 e. The van der Waals surface area contributed by atoms with E-state index in [2.05, 4.69) is 0 Å². The van der Waals surface area contributed by atoms with Gasteiger partial charge in [0, 0.05) is 23.0 Å². The van der Waals surface area contributed by atoms with Gasteiger partial charge in [0.15, 0.2) is 0 Å². The van der Waals surface area contributed by atoms with Crippen LogP contribution in [0.4, 0.5) is 11.4 Å². The Morgan fingerprint density at radius 3 is 2.44 bits per heavy atom. The summed E-state index contributed by atoms with van der Waals surface area (Å²) in [7, 11) is 1.62. The summed E-state index contributed by atoms with van der Waals surface area (Å²) in [5.41, 5.74) is 15.0. The minimum absolute atomic E-state index is 0.664. The topological polar surface area (TPSA) is 61.3 Å². The summed E-state index contributed by atoms with van der Waals surface area (Å²) in [5.74, 6) is 0.734. The number of para-hydroxylation sites is 1. The summed E-state index contributed by atoms with van der Waals surface area (Å²) in [6.07, 6.45) is 0. The van der Waals surface area contributed by atoms with Gasteiger partial charge >= 0.3 is 0 Å². The molecule has 0 heterocycles. The molecular weight excluding hydrogens is 200 g/mol. The standard InChI is InChI=1S/C13H14N2O/c1-16-11-7-9(6-10(14)8-11)12-4-2-3-5-13(12)15/h2-8H,14-15H2,1H3. The van der Waals surface area contributed by atoms with Gasteiger partial charge in [0.1, 0.15) is 5.75 Å². The average molecular weight is 214 g/mol. The van der Waals surface area contributed by atoms with E-state index in [0.29, 0.717) is 5.69 Å². The van der Waals surface area contributed by atoms with Crippen molar-refractivity contribution in [2.75, 3.05) is 18.6 Å². The zero-order valence-corrected chi connectivity index (χ0v) is 9.10. The Bertz CT molecular complexity index is 509. The van der Waals surface area contributed by atoms with Gasteiger partial charge in [0.05, 0.1) is 7.11 Å². The summed E-state index contributed by atoms with van der Waals surface area (Å²) < 4.78 is 5.18. The smallest absolute Gasteiger partial charge is 0.121 e. The van der Waals surface area contributed by atoms with Crippen LogP contribution in [0.3, 0.4) is 0 Å². The van der Waals surface area contributed by atoms with Gasteiger partial charge in [-0.3, -0.25) is 0 Å². The molecule has 3 nitrogen and oxygen atoms in total. The van der Waals surface area contributed by atoms with Gasteiger partial charge in [-0.25, -0.2) is 0 Å². The van der Waals surface area contributed by atoms with E-state index in [1.54, 1.807) is 13.2 Å². The quantitative estimate of drug-likeness (QED) is 0.755. The third-order valence-electron chi connectivity index (χ3n) is 2.44. The Morgan fingerprint density at radius 2 is 1.75 bits per heavy atom. The highest BCUT2D eigenvalue weighted by molar-refractivity contribution is 5.79. The van der Waals surface area contributed by atoms with Crippen molar-refractivity contribution in [3.63, 3.8) is 0 Å². The van der Waals surface area contributed by atoms with E-state index < -0.39 is 0 Å². The van der Waals surface area contributed by atoms with Crippen LogP contribution < -0.4 is 16.2 Å². The van der Waals surface area contributed by atoms with Crippen molar-refractivity contribution in [1.29, 1.82) is 0 Å². The molecule has 16 heavy (non-hydrogen) atoms. The first-order chi connectivity index (χ1) is 7.70. The highest BCUT2D eigenvalue weighted by Crippen LogP contribution is 2.30. The second-order valence-electron chi connectivity index (χ2n) is 3.58. The van der Waals surface area contributed by atoms with Gasteiger partial charge in [-0.15, -0.1) is 0 Å². The monoisotopic (exact) mass is 214 g/mol.